The number of aryl methyl sites for hydroxylation is 1. The number of halogens is 2. The quantitative estimate of drug-likeness (QED) is 0.630. The molecule has 1 aromatic heterocycles. The second kappa shape index (κ2) is 8.75. The van der Waals surface area contributed by atoms with E-state index in [0.717, 1.165) is 10.1 Å². The van der Waals surface area contributed by atoms with Crippen LogP contribution >= 0.6 is 11.8 Å². The molecule has 0 unspecified atom stereocenters. The third-order valence-electron chi connectivity index (χ3n) is 3.76. The highest BCUT2D eigenvalue weighted by atomic mass is 32.2. The van der Waals surface area contributed by atoms with Gasteiger partial charge in [0.05, 0.1) is 12.8 Å². The number of alkyl halides is 2. The van der Waals surface area contributed by atoms with Gasteiger partial charge in [-0.05, 0) is 42.1 Å². The summed E-state index contributed by atoms with van der Waals surface area (Å²) in [4.78, 5) is 17.7. The van der Waals surface area contributed by atoms with Crippen molar-refractivity contribution >= 4 is 23.4 Å². The highest BCUT2D eigenvalue weighted by molar-refractivity contribution is 7.99. The van der Waals surface area contributed by atoms with Gasteiger partial charge in [0, 0.05) is 29.9 Å². The number of imidazole rings is 1. The zero-order chi connectivity index (χ0) is 20.1. The number of carbonyl (C=O) groups excluding carboxylic acids is 1. The lowest BCUT2D eigenvalue weighted by Crippen LogP contribution is -2.13. The molecular formula is C19H17F2N3O3S. The van der Waals surface area contributed by atoms with Gasteiger partial charge in [-0.3, -0.25) is 4.79 Å². The van der Waals surface area contributed by atoms with Crippen molar-refractivity contribution in [3.05, 3.63) is 60.4 Å². The van der Waals surface area contributed by atoms with Crippen LogP contribution in [0.15, 0.2) is 64.9 Å². The van der Waals surface area contributed by atoms with Crippen molar-refractivity contribution in [1.82, 2.24) is 9.55 Å². The highest BCUT2D eigenvalue weighted by Gasteiger charge is 2.16. The largest absolute Gasteiger partial charge is 0.493 e. The van der Waals surface area contributed by atoms with E-state index in [-0.39, 0.29) is 17.1 Å². The summed E-state index contributed by atoms with van der Waals surface area (Å²) < 4.78 is 36.5. The molecule has 0 saturated carbocycles. The number of nitrogens with zero attached hydrogens (tertiary/aromatic N) is 2. The van der Waals surface area contributed by atoms with E-state index in [1.165, 1.54) is 37.1 Å². The maximum atomic E-state index is 12.6. The second-order valence-electron chi connectivity index (χ2n) is 5.62. The Hall–Kier alpha value is -3.07. The summed E-state index contributed by atoms with van der Waals surface area (Å²) in [5.74, 6) is -0.557. The molecule has 1 N–H and O–H groups in total. The van der Waals surface area contributed by atoms with E-state index in [9.17, 15) is 13.6 Å². The van der Waals surface area contributed by atoms with Crippen LogP contribution in [0.1, 0.15) is 10.4 Å². The molecule has 0 aliphatic rings. The third-order valence-corrected chi connectivity index (χ3v) is 4.91. The van der Waals surface area contributed by atoms with Crippen molar-refractivity contribution in [2.24, 2.45) is 7.05 Å². The van der Waals surface area contributed by atoms with Crippen molar-refractivity contribution in [2.75, 3.05) is 12.4 Å². The second-order valence-corrected chi connectivity index (χ2v) is 6.63. The molecule has 146 valence electrons. The fourth-order valence-electron chi connectivity index (χ4n) is 2.41. The van der Waals surface area contributed by atoms with Crippen LogP contribution in [0.25, 0.3) is 0 Å². The molecule has 1 amide bonds. The number of para-hydroxylation sites is 1. The minimum atomic E-state index is -3.03. The van der Waals surface area contributed by atoms with E-state index in [2.05, 4.69) is 15.0 Å². The fraction of sp³-hybridized carbons (Fsp3) is 0.158. The first-order chi connectivity index (χ1) is 13.5. The fourth-order valence-corrected chi connectivity index (χ4v) is 3.30. The van der Waals surface area contributed by atoms with E-state index in [1.807, 2.05) is 29.9 Å². The molecule has 3 rings (SSSR count). The number of carbonyl (C=O) groups is 1. The van der Waals surface area contributed by atoms with Gasteiger partial charge in [0.25, 0.3) is 5.91 Å². The Bertz CT molecular complexity index is 979. The maximum absolute atomic E-state index is 12.6. The molecule has 0 spiro atoms. The van der Waals surface area contributed by atoms with Gasteiger partial charge in [-0.25, -0.2) is 4.98 Å². The van der Waals surface area contributed by atoms with Gasteiger partial charge in [-0.15, -0.1) is 0 Å². The Kier molecular flexibility index (Phi) is 6.15. The zero-order valence-corrected chi connectivity index (χ0v) is 15.9. The number of ether oxygens (including phenoxy) is 2. The van der Waals surface area contributed by atoms with Crippen molar-refractivity contribution in [2.45, 2.75) is 16.7 Å². The smallest absolute Gasteiger partial charge is 0.387 e. The van der Waals surface area contributed by atoms with Crippen LogP contribution in [0.2, 0.25) is 0 Å². The number of rotatable bonds is 7. The van der Waals surface area contributed by atoms with Crippen LogP contribution < -0.4 is 14.8 Å². The normalized spacial score (nSPS) is 10.8. The minimum absolute atomic E-state index is 0.114. The van der Waals surface area contributed by atoms with E-state index in [1.54, 1.807) is 18.3 Å². The summed E-state index contributed by atoms with van der Waals surface area (Å²) in [5, 5.41) is 3.56. The summed E-state index contributed by atoms with van der Waals surface area (Å²) >= 11 is 1.40. The first-order valence-corrected chi connectivity index (χ1v) is 8.98. The first kappa shape index (κ1) is 19.7. The lowest BCUT2D eigenvalue weighted by atomic mass is 10.2. The van der Waals surface area contributed by atoms with Gasteiger partial charge in [0.15, 0.2) is 16.7 Å². The highest BCUT2D eigenvalue weighted by Crippen LogP contribution is 2.33. The van der Waals surface area contributed by atoms with Crippen molar-refractivity contribution in [3.63, 3.8) is 0 Å². The Balaban J connectivity index is 1.83. The van der Waals surface area contributed by atoms with Gasteiger partial charge < -0.3 is 19.4 Å². The predicted octanol–water partition coefficient (Wildman–Crippen LogP) is 4.43. The Labute approximate surface area is 164 Å². The van der Waals surface area contributed by atoms with Gasteiger partial charge in [0.1, 0.15) is 0 Å². The SMILES string of the molecule is COc1ccc(C(=O)Nc2ccccc2Sc2nccn2C)cc1OC(F)F. The van der Waals surface area contributed by atoms with Crippen LogP contribution in [-0.2, 0) is 7.05 Å². The summed E-state index contributed by atoms with van der Waals surface area (Å²) in [6, 6.07) is 11.3. The average Bonchev–Trinajstić information content (AvgIpc) is 3.07. The summed E-state index contributed by atoms with van der Waals surface area (Å²) in [7, 11) is 3.21. The Morgan fingerprint density at radius 1 is 1.21 bits per heavy atom. The summed E-state index contributed by atoms with van der Waals surface area (Å²) in [6.45, 7) is -3.03. The van der Waals surface area contributed by atoms with E-state index < -0.39 is 12.5 Å². The molecular weight excluding hydrogens is 388 g/mol. The summed E-state index contributed by atoms with van der Waals surface area (Å²) in [6.07, 6.45) is 3.51. The zero-order valence-electron chi connectivity index (χ0n) is 15.1. The molecule has 1 heterocycles. The van der Waals surface area contributed by atoms with Gasteiger partial charge in [-0.2, -0.15) is 8.78 Å². The number of hydrogen-bond donors (Lipinski definition) is 1. The number of benzene rings is 2. The van der Waals surface area contributed by atoms with Gasteiger partial charge >= 0.3 is 6.61 Å². The van der Waals surface area contributed by atoms with Crippen LogP contribution in [0.4, 0.5) is 14.5 Å². The molecule has 0 radical (unpaired) electrons. The molecule has 9 heteroatoms. The number of anilines is 1. The lowest BCUT2D eigenvalue weighted by molar-refractivity contribution is -0.0512. The molecule has 0 atom stereocenters. The van der Waals surface area contributed by atoms with Crippen LogP contribution in [0, 0.1) is 0 Å². The molecule has 0 bridgehead atoms. The molecule has 28 heavy (non-hydrogen) atoms. The molecule has 0 aliphatic heterocycles. The number of nitrogens with one attached hydrogen (secondary N) is 1. The van der Waals surface area contributed by atoms with Crippen LogP contribution in [-0.4, -0.2) is 29.2 Å². The maximum Gasteiger partial charge on any atom is 0.387 e. The van der Waals surface area contributed by atoms with Crippen LogP contribution in [0.5, 0.6) is 11.5 Å². The summed E-state index contributed by atoms with van der Waals surface area (Å²) in [5.41, 5.74) is 0.737. The number of aromatic nitrogens is 2. The number of methoxy groups -OCH3 is 1. The average molecular weight is 405 g/mol. The predicted molar refractivity (Wildman–Crippen MR) is 101 cm³/mol. The van der Waals surface area contributed by atoms with E-state index in [0.29, 0.717) is 5.69 Å². The Morgan fingerprint density at radius 3 is 2.68 bits per heavy atom. The monoisotopic (exact) mass is 405 g/mol. The van der Waals surface area contributed by atoms with E-state index >= 15 is 0 Å². The molecule has 0 saturated heterocycles. The lowest BCUT2D eigenvalue weighted by Gasteiger charge is -2.13. The first-order valence-electron chi connectivity index (χ1n) is 8.16. The third kappa shape index (κ3) is 4.61. The van der Waals surface area contributed by atoms with Crippen molar-refractivity contribution < 1.29 is 23.0 Å². The standard InChI is InChI=1S/C19H17F2N3O3S/c1-24-10-9-22-19(24)28-16-6-4-3-5-13(16)23-17(25)12-7-8-14(26-2)15(11-12)27-18(20)21/h3-11,18H,1-2H3,(H,23,25). The molecule has 3 aromatic rings. The minimum Gasteiger partial charge on any atom is -0.493 e. The Morgan fingerprint density at radius 2 is 2.00 bits per heavy atom. The van der Waals surface area contributed by atoms with Crippen molar-refractivity contribution in [3.8, 4) is 11.5 Å². The molecule has 0 fully saturated rings. The topological polar surface area (TPSA) is 65.4 Å². The van der Waals surface area contributed by atoms with Crippen molar-refractivity contribution in [1.29, 1.82) is 0 Å². The molecule has 6 nitrogen and oxygen atoms in total. The van der Waals surface area contributed by atoms with Crippen LogP contribution in [0.3, 0.4) is 0 Å². The molecule has 0 aliphatic carbocycles. The van der Waals surface area contributed by atoms with Gasteiger partial charge in [-0.1, -0.05) is 12.1 Å². The number of amides is 1. The molecule has 2 aromatic carbocycles. The number of hydrogen-bond acceptors (Lipinski definition) is 5. The van der Waals surface area contributed by atoms with E-state index in [4.69, 9.17) is 4.74 Å². The van der Waals surface area contributed by atoms with Gasteiger partial charge in [0.2, 0.25) is 0 Å².